The largest absolute Gasteiger partial charge is 0.353 e. The first-order chi connectivity index (χ1) is 15.1. The standard InChI is InChI=1S/C23H28N6OS/c1-16-15-21(25-17(2)24-16)27-11-13-28(14-12-27)22(30)18-7-9-29(10-8-18)23-26-19-5-3-4-6-20(19)31-23/h3-6,15,18H,7-14H2,1-2H3. The van der Waals surface area contributed by atoms with Gasteiger partial charge in [0.2, 0.25) is 5.91 Å². The molecule has 0 aliphatic carbocycles. The topological polar surface area (TPSA) is 65.5 Å². The number of benzene rings is 1. The van der Waals surface area contributed by atoms with Crippen LogP contribution < -0.4 is 9.80 Å². The Hall–Kier alpha value is -2.74. The number of thiazole rings is 1. The van der Waals surface area contributed by atoms with Crippen LogP contribution in [-0.4, -0.2) is 65.0 Å². The number of amides is 1. The highest BCUT2D eigenvalue weighted by Crippen LogP contribution is 2.32. The highest BCUT2D eigenvalue weighted by atomic mass is 32.1. The van der Waals surface area contributed by atoms with E-state index in [0.717, 1.165) is 80.1 Å². The van der Waals surface area contributed by atoms with Gasteiger partial charge in [-0.3, -0.25) is 4.79 Å². The SMILES string of the molecule is Cc1cc(N2CCN(C(=O)C3CCN(c4nc5ccccc5s4)CC3)CC2)nc(C)n1. The van der Waals surface area contributed by atoms with Gasteiger partial charge in [-0.2, -0.15) is 0 Å². The summed E-state index contributed by atoms with van der Waals surface area (Å²) in [6.45, 7) is 8.90. The number of nitrogens with zero attached hydrogens (tertiary/aromatic N) is 6. The van der Waals surface area contributed by atoms with E-state index in [1.807, 2.05) is 26.0 Å². The van der Waals surface area contributed by atoms with Crippen molar-refractivity contribution < 1.29 is 4.79 Å². The molecule has 0 radical (unpaired) electrons. The van der Waals surface area contributed by atoms with E-state index in [9.17, 15) is 4.79 Å². The van der Waals surface area contributed by atoms with E-state index in [-0.39, 0.29) is 5.92 Å². The third kappa shape index (κ3) is 4.21. The maximum absolute atomic E-state index is 13.1. The van der Waals surface area contributed by atoms with Crippen molar-refractivity contribution in [2.45, 2.75) is 26.7 Å². The predicted molar refractivity (Wildman–Crippen MR) is 125 cm³/mol. The minimum Gasteiger partial charge on any atom is -0.353 e. The summed E-state index contributed by atoms with van der Waals surface area (Å²) in [6.07, 6.45) is 1.80. The molecule has 0 atom stereocenters. The molecule has 1 aromatic carbocycles. The summed E-state index contributed by atoms with van der Waals surface area (Å²) in [5, 5.41) is 1.08. The minimum absolute atomic E-state index is 0.126. The number of anilines is 2. The summed E-state index contributed by atoms with van der Waals surface area (Å²) in [5.74, 6) is 2.22. The quantitative estimate of drug-likeness (QED) is 0.628. The van der Waals surface area contributed by atoms with Crippen molar-refractivity contribution in [3.63, 3.8) is 0 Å². The molecule has 0 bridgehead atoms. The van der Waals surface area contributed by atoms with E-state index in [2.05, 4.69) is 42.9 Å². The molecular weight excluding hydrogens is 408 g/mol. The molecule has 2 fully saturated rings. The number of carbonyl (C=O) groups excluding carboxylic acids is 1. The first-order valence-electron chi connectivity index (χ1n) is 11.0. The van der Waals surface area contributed by atoms with Gasteiger partial charge in [0, 0.05) is 56.9 Å². The van der Waals surface area contributed by atoms with Crippen LogP contribution in [0.2, 0.25) is 0 Å². The normalized spacial score (nSPS) is 18.1. The molecule has 31 heavy (non-hydrogen) atoms. The third-order valence-corrected chi connectivity index (χ3v) is 7.36. The molecule has 0 spiro atoms. The molecule has 0 unspecified atom stereocenters. The smallest absolute Gasteiger partial charge is 0.225 e. The highest BCUT2D eigenvalue weighted by molar-refractivity contribution is 7.22. The number of fused-ring (bicyclic) bond motifs is 1. The molecule has 2 aliphatic rings. The van der Waals surface area contributed by atoms with Crippen molar-refractivity contribution in [2.24, 2.45) is 5.92 Å². The zero-order valence-corrected chi connectivity index (χ0v) is 18.9. The van der Waals surface area contributed by atoms with Crippen LogP contribution in [0.25, 0.3) is 10.2 Å². The van der Waals surface area contributed by atoms with Crippen molar-refractivity contribution in [1.82, 2.24) is 19.9 Å². The lowest BCUT2D eigenvalue weighted by Gasteiger charge is -2.39. The number of carbonyl (C=O) groups is 1. The number of rotatable bonds is 3. The average molecular weight is 437 g/mol. The van der Waals surface area contributed by atoms with Crippen LogP contribution in [0.1, 0.15) is 24.4 Å². The maximum Gasteiger partial charge on any atom is 0.225 e. The van der Waals surface area contributed by atoms with Gasteiger partial charge in [-0.25, -0.2) is 15.0 Å². The Balaban J connectivity index is 1.16. The van der Waals surface area contributed by atoms with Crippen LogP contribution in [0.15, 0.2) is 30.3 Å². The van der Waals surface area contributed by atoms with Gasteiger partial charge in [0.15, 0.2) is 5.13 Å². The molecule has 5 rings (SSSR count). The van der Waals surface area contributed by atoms with Gasteiger partial charge in [-0.1, -0.05) is 23.5 Å². The number of aryl methyl sites for hydroxylation is 2. The van der Waals surface area contributed by atoms with Gasteiger partial charge in [-0.15, -0.1) is 0 Å². The zero-order chi connectivity index (χ0) is 21.4. The van der Waals surface area contributed by atoms with Crippen molar-refractivity contribution in [2.75, 3.05) is 49.1 Å². The lowest BCUT2D eigenvalue weighted by molar-refractivity contribution is -0.136. The monoisotopic (exact) mass is 436 g/mol. The maximum atomic E-state index is 13.1. The van der Waals surface area contributed by atoms with Gasteiger partial charge in [-0.05, 0) is 38.8 Å². The van der Waals surface area contributed by atoms with Crippen molar-refractivity contribution in [3.05, 3.63) is 41.9 Å². The second kappa shape index (κ2) is 8.42. The van der Waals surface area contributed by atoms with Gasteiger partial charge in [0.1, 0.15) is 11.6 Å². The summed E-state index contributed by atoms with van der Waals surface area (Å²) in [5.41, 5.74) is 2.05. The Morgan fingerprint density at radius 3 is 2.39 bits per heavy atom. The van der Waals surface area contributed by atoms with Gasteiger partial charge >= 0.3 is 0 Å². The molecule has 2 aromatic heterocycles. The van der Waals surface area contributed by atoms with Gasteiger partial charge in [0.25, 0.3) is 0 Å². The van der Waals surface area contributed by atoms with E-state index < -0.39 is 0 Å². The van der Waals surface area contributed by atoms with Gasteiger partial charge < -0.3 is 14.7 Å². The third-order valence-electron chi connectivity index (χ3n) is 6.27. The lowest BCUT2D eigenvalue weighted by Crippen LogP contribution is -2.52. The van der Waals surface area contributed by atoms with Crippen LogP contribution >= 0.6 is 11.3 Å². The van der Waals surface area contributed by atoms with Crippen LogP contribution in [0, 0.1) is 19.8 Å². The molecule has 0 N–H and O–H groups in total. The van der Waals surface area contributed by atoms with Crippen LogP contribution in [-0.2, 0) is 4.79 Å². The number of piperazine rings is 1. The molecular formula is C23H28N6OS. The van der Waals surface area contributed by atoms with E-state index in [1.54, 1.807) is 11.3 Å². The molecule has 1 amide bonds. The minimum atomic E-state index is 0.126. The number of piperidine rings is 1. The molecule has 7 nitrogen and oxygen atoms in total. The Labute approximate surface area is 186 Å². The second-order valence-electron chi connectivity index (χ2n) is 8.45. The van der Waals surface area contributed by atoms with E-state index in [4.69, 9.17) is 4.98 Å². The summed E-state index contributed by atoms with van der Waals surface area (Å²) < 4.78 is 1.22. The van der Waals surface area contributed by atoms with Crippen LogP contribution in [0.5, 0.6) is 0 Å². The number of para-hydroxylation sites is 1. The molecule has 2 aliphatic heterocycles. The number of aromatic nitrogens is 3. The number of hydrogen-bond donors (Lipinski definition) is 0. The zero-order valence-electron chi connectivity index (χ0n) is 18.1. The molecule has 2 saturated heterocycles. The first kappa shape index (κ1) is 20.2. The molecule has 8 heteroatoms. The Bertz CT molecular complexity index is 1030. The van der Waals surface area contributed by atoms with Gasteiger partial charge in [0.05, 0.1) is 10.2 Å². The summed E-state index contributed by atoms with van der Waals surface area (Å²) >= 11 is 1.75. The van der Waals surface area contributed by atoms with Crippen molar-refractivity contribution in [3.8, 4) is 0 Å². The molecule has 3 aromatic rings. The lowest BCUT2D eigenvalue weighted by atomic mass is 9.95. The summed E-state index contributed by atoms with van der Waals surface area (Å²) in [7, 11) is 0. The Kier molecular flexibility index (Phi) is 5.48. The fraction of sp³-hybridized carbons (Fsp3) is 0.478. The summed E-state index contributed by atoms with van der Waals surface area (Å²) in [6, 6.07) is 10.3. The Morgan fingerprint density at radius 2 is 1.68 bits per heavy atom. The first-order valence-corrected chi connectivity index (χ1v) is 11.8. The van der Waals surface area contributed by atoms with Crippen molar-refractivity contribution >= 4 is 38.4 Å². The number of hydrogen-bond acceptors (Lipinski definition) is 7. The van der Waals surface area contributed by atoms with E-state index in [0.29, 0.717) is 5.91 Å². The van der Waals surface area contributed by atoms with Crippen molar-refractivity contribution in [1.29, 1.82) is 0 Å². The molecule has 4 heterocycles. The molecule has 0 saturated carbocycles. The summed E-state index contributed by atoms with van der Waals surface area (Å²) in [4.78, 5) is 33.5. The Morgan fingerprint density at radius 1 is 0.935 bits per heavy atom. The van der Waals surface area contributed by atoms with Crippen LogP contribution in [0.3, 0.4) is 0 Å². The average Bonchev–Trinajstić information content (AvgIpc) is 3.22. The molecule has 162 valence electrons. The second-order valence-corrected chi connectivity index (χ2v) is 9.46. The van der Waals surface area contributed by atoms with E-state index in [1.165, 1.54) is 4.70 Å². The fourth-order valence-corrected chi connectivity index (χ4v) is 5.60. The van der Waals surface area contributed by atoms with Crippen LogP contribution in [0.4, 0.5) is 10.9 Å². The predicted octanol–water partition coefficient (Wildman–Crippen LogP) is 3.27. The fourth-order valence-electron chi connectivity index (χ4n) is 4.59. The highest BCUT2D eigenvalue weighted by Gasteiger charge is 2.31. The van der Waals surface area contributed by atoms with E-state index >= 15 is 0 Å².